The minimum Gasteiger partial charge on any atom is -0.494 e. The van der Waals surface area contributed by atoms with Crippen molar-refractivity contribution in [1.29, 1.82) is 0 Å². The van der Waals surface area contributed by atoms with E-state index in [1.165, 1.54) is 10.5 Å². The van der Waals surface area contributed by atoms with Crippen LogP contribution in [0.1, 0.15) is 5.69 Å². The summed E-state index contributed by atoms with van der Waals surface area (Å²) >= 11 is 0. The van der Waals surface area contributed by atoms with Gasteiger partial charge in [-0.05, 0) is 32.2 Å². The molecule has 1 aromatic carbocycles. The van der Waals surface area contributed by atoms with Crippen LogP contribution in [0.15, 0.2) is 42.9 Å². The van der Waals surface area contributed by atoms with Gasteiger partial charge in [-0.1, -0.05) is 0 Å². The van der Waals surface area contributed by atoms with Crippen molar-refractivity contribution in [1.82, 2.24) is 24.3 Å². The van der Waals surface area contributed by atoms with Crippen LogP contribution in [0.25, 0.3) is 16.9 Å². The molecule has 3 aromatic heterocycles. The molecule has 0 aliphatic carbocycles. The molecule has 0 atom stereocenters. The topological polar surface area (TPSA) is 70.8 Å². The number of rotatable bonds is 5. The summed E-state index contributed by atoms with van der Waals surface area (Å²) in [5, 5.41) is 3.10. The summed E-state index contributed by atoms with van der Waals surface area (Å²) in [6, 6.07) is 7.08. The Kier molecular flexibility index (Phi) is 5.74. The third kappa shape index (κ3) is 4.24. The van der Waals surface area contributed by atoms with Crippen molar-refractivity contribution in [3.8, 4) is 17.0 Å². The first-order valence-electron chi connectivity index (χ1n) is 11.0. The lowest BCUT2D eigenvalue weighted by molar-refractivity contribution is 0.312. The summed E-state index contributed by atoms with van der Waals surface area (Å²) in [5.41, 5.74) is 2.81. The standard InChI is InChI=1S/C24H25F2N7O/c1-15-13-33-14-16(10-18(25)23(33)28-15)22-19(26)12-27-24(30-22)29-20-5-4-17(11-21(20)34-3)32-8-6-31(2)7-9-32/h4-5,10-14H,6-9H2,1-3H3,(H,27,29,30). The predicted molar refractivity (Wildman–Crippen MR) is 127 cm³/mol. The molecular formula is C24H25F2N7O. The molecule has 1 aliphatic rings. The van der Waals surface area contributed by atoms with Crippen molar-refractivity contribution >= 4 is 23.0 Å². The van der Waals surface area contributed by atoms with E-state index in [2.05, 4.69) is 37.1 Å². The molecule has 0 spiro atoms. The second kappa shape index (κ2) is 8.86. The van der Waals surface area contributed by atoms with Gasteiger partial charge in [0, 0.05) is 55.9 Å². The Hall–Kier alpha value is -3.79. The quantitative estimate of drug-likeness (QED) is 0.480. The number of anilines is 3. The van der Waals surface area contributed by atoms with Crippen LogP contribution in [-0.4, -0.2) is 64.6 Å². The van der Waals surface area contributed by atoms with Gasteiger partial charge in [-0.15, -0.1) is 0 Å². The van der Waals surface area contributed by atoms with Crippen molar-refractivity contribution < 1.29 is 13.5 Å². The molecule has 4 aromatic rings. The fraction of sp³-hybridized carbons (Fsp3) is 0.292. The molecule has 1 saturated heterocycles. The Morgan fingerprint density at radius 2 is 1.79 bits per heavy atom. The molecule has 1 fully saturated rings. The smallest absolute Gasteiger partial charge is 0.228 e. The van der Waals surface area contributed by atoms with Gasteiger partial charge >= 0.3 is 0 Å². The predicted octanol–water partition coefficient (Wildman–Crippen LogP) is 3.88. The number of nitrogens with zero attached hydrogens (tertiary/aromatic N) is 6. The molecule has 1 N–H and O–H groups in total. The number of imidazole rings is 1. The van der Waals surface area contributed by atoms with Gasteiger partial charge in [0.1, 0.15) is 11.4 Å². The van der Waals surface area contributed by atoms with E-state index < -0.39 is 11.6 Å². The molecule has 34 heavy (non-hydrogen) atoms. The summed E-state index contributed by atoms with van der Waals surface area (Å²) in [5.74, 6) is -0.422. The Labute approximate surface area is 195 Å². The number of aryl methyl sites for hydroxylation is 1. The minimum atomic E-state index is -0.654. The van der Waals surface area contributed by atoms with Crippen molar-refractivity contribution in [3.05, 3.63) is 60.2 Å². The molecule has 176 valence electrons. The lowest BCUT2D eigenvalue weighted by Crippen LogP contribution is -2.44. The molecule has 4 heterocycles. The Bertz CT molecular complexity index is 1350. The van der Waals surface area contributed by atoms with Gasteiger partial charge in [0.15, 0.2) is 17.3 Å². The maximum absolute atomic E-state index is 14.6. The highest BCUT2D eigenvalue weighted by molar-refractivity contribution is 5.70. The molecule has 0 amide bonds. The van der Waals surface area contributed by atoms with Crippen molar-refractivity contribution in [2.75, 3.05) is 50.6 Å². The summed E-state index contributed by atoms with van der Waals surface area (Å²) in [4.78, 5) is 17.1. The average molecular weight is 466 g/mol. The van der Waals surface area contributed by atoms with E-state index in [4.69, 9.17) is 4.74 Å². The molecule has 0 bridgehead atoms. The number of aromatic nitrogens is 4. The van der Waals surface area contributed by atoms with Gasteiger partial charge in [-0.2, -0.15) is 0 Å². The monoisotopic (exact) mass is 465 g/mol. The van der Waals surface area contributed by atoms with Gasteiger partial charge in [-0.3, -0.25) is 0 Å². The van der Waals surface area contributed by atoms with E-state index in [0.29, 0.717) is 17.1 Å². The Morgan fingerprint density at radius 1 is 1.00 bits per heavy atom. The molecule has 1 aliphatic heterocycles. The normalized spacial score (nSPS) is 14.6. The van der Waals surface area contributed by atoms with Crippen LogP contribution >= 0.6 is 0 Å². The third-order valence-corrected chi connectivity index (χ3v) is 5.94. The van der Waals surface area contributed by atoms with Gasteiger partial charge < -0.3 is 24.3 Å². The molecule has 0 saturated carbocycles. The summed E-state index contributed by atoms with van der Waals surface area (Å²) in [6.07, 6.45) is 4.34. The van der Waals surface area contributed by atoms with Crippen LogP contribution in [0, 0.1) is 18.6 Å². The largest absolute Gasteiger partial charge is 0.494 e. The highest BCUT2D eigenvalue weighted by Crippen LogP contribution is 2.32. The van der Waals surface area contributed by atoms with Crippen LogP contribution in [0.4, 0.5) is 26.1 Å². The number of hydrogen-bond donors (Lipinski definition) is 1. The second-order valence-corrected chi connectivity index (χ2v) is 8.38. The van der Waals surface area contributed by atoms with Gasteiger partial charge in [0.2, 0.25) is 5.95 Å². The van der Waals surface area contributed by atoms with Gasteiger partial charge in [-0.25, -0.2) is 23.7 Å². The number of nitrogens with one attached hydrogen (secondary N) is 1. The van der Waals surface area contributed by atoms with E-state index in [1.807, 2.05) is 18.2 Å². The zero-order valence-electron chi connectivity index (χ0n) is 19.2. The summed E-state index contributed by atoms with van der Waals surface area (Å²) in [7, 11) is 3.71. The molecular weight excluding hydrogens is 440 g/mol. The lowest BCUT2D eigenvalue weighted by Gasteiger charge is -2.34. The van der Waals surface area contributed by atoms with Crippen molar-refractivity contribution in [3.63, 3.8) is 0 Å². The Balaban J connectivity index is 1.44. The molecule has 8 nitrogen and oxygen atoms in total. The van der Waals surface area contributed by atoms with Crippen LogP contribution in [0.5, 0.6) is 5.75 Å². The fourth-order valence-corrected chi connectivity index (χ4v) is 4.10. The van der Waals surface area contributed by atoms with Crippen molar-refractivity contribution in [2.24, 2.45) is 0 Å². The SMILES string of the molecule is COc1cc(N2CCN(C)CC2)ccc1Nc1ncc(F)c(-c2cc(F)c3nc(C)cn3c2)n1. The van der Waals surface area contributed by atoms with Crippen LogP contribution in [0.2, 0.25) is 0 Å². The summed E-state index contributed by atoms with van der Waals surface area (Å²) < 4.78 is 36.3. The van der Waals surface area contributed by atoms with E-state index in [9.17, 15) is 8.78 Å². The number of hydrogen-bond acceptors (Lipinski definition) is 7. The zero-order chi connectivity index (χ0) is 23.8. The first-order chi connectivity index (χ1) is 16.4. The van der Waals surface area contributed by atoms with Crippen LogP contribution in [-0.2, 0) is 0 Å². The highest BCUT2D eigenvalue weighted by atomic mass is 19.1. The molecule has 10 heteroatoms. The van der Waals surface area contributed by atoms with Crippen LogP contribution < -0.4 is 15.0 Å². The van der Waals surface area contributed by atoms with Gasteiger partial charge in [0.05, 0.1) is 24.7 Å². The number of ether oxygens (including phenoxy) is 1. The maximum Gasteiger partial charge on any atom is 0.228 e. The first kappa shape index (κ1) is 22.0. The number of piperazine rings is 1. The number of fused-ring (bicyclic) bond motifs is 1. The number of halogens is 2. The van der Waals surface area contributed by atoms with E-state index in [-0.39, 0.29) is 22.9 Å². The van der Waals surface area contributed by atoms with Crippen LogP contribution in [0.3, 0.4) is 0 Å². The number of methoxy groups -OCH3 is 1. The second-order valence-electron chi connectivity index (χ2n) is 8.38. The average Bonchev–Trinajstić information content (AvgIpc) is 3.22. The van der Waals surface area contributed by atoms with E-state index in [0.717, 1.165) is 38.1 Å². The third-order valence-electron chi connectivity index (χ3n) is 5.94. The lowest BCUT2D eigenvalue weighted by atomic mass is 10.2. The number of pyridine rings is 1. The fourth-order valence-electron chi connectivity index (χ4n) is 4.10. The highest BCUT2D eigenvalue weighted by Gasteiger charge is 2.18. The minimum absolute atomic E-state index is 0.0160. The van der Waals surface area contributed by atoms with E-state index in [1.54, 1.807) is 26.4 Å². The molecule has 0 radical (unpaired) electrons. The Morgan fingerprint density at radius 3 is 2.56 bits per heavy atom. The molecule has 5 rings (SSSR count). The number of benzene rings is 1. The number of likely N-dealkylation sites (N-methyl/N-ethyl adjacent to an activating group) is 1. The first-order valence-corrected chi connectivity index (χ1v) is 11.0. The van der Waals surface area contributed by atoms with Crippen molar-refractivity contribution in [2.45, 2.75) is 6.92 Å². The summed E-state index contributed by atoms with van der Waals surface area (Å²) in [6.45, 7) is 5.64. The van der Waals surface area contributed by atoms with Gasteiger partial charge in [0.25, 0.3) is 0 Å². The zero-order valence-corrected chi connectivity index (χ0v) is 19.2. The molecule has 0 unspecified atom stereocenters. The van der Waals surface area contributed by atoms with E-state index >= 15 is 0 Å². The maximum atomic E-state index is 14.6.